The first-order valence-corrected chi connectivity index (χ1v) is 10.6. The fraction of sp³-hybridized carbons (Fsp3) is 0.786. The van der Waals surface area contributed by atoms with Crippen LogP contribution in [0.1, 0.15) is 35.8 Å². The standard InChI is InChI=1S/C14H25N3O2S2/c1-11-14(9-15-6-4-7-20-3)12(2)17(16-11)13-5-8-21(18,19)10-13/h13,15H,4-10H2,1-3H3. The Morgan fingerprint density at radius 2 is 2.19 bits per heavy atom. The highest BCUT2D eigenvalue weighted by Gasteiger charge is 2.31. The van der Waals surface area contributed by atoms with Gasteiger partial charge in [0, 0.05) is 17.8 Å². The second-order valence-corrected chi connectivity index (χ2v) is 8.89. The highest BCUT2D eigenvalue weighted by molar-refractivity contribution is 7.98. The van der Waals surface area contributed by atoms with Crippen molar-refractivity contribution >= 4 is 21.6 Å². The second kappa shape index (κ2) is 7.15. The number of hydrogen-bond donors (Lipinski definition) is 1. The smallest absolute Gasteiger partial charge is 0.152 e. The third-order valence-electron chi connectivity index (χ3n) is 4.03. The Morgan fingerprint density at radius 3 is 2.81 bits per heavy atom. The predicted octanol–water partition coefficient (Wildman–Crippen LogP) is 1.70. The molecule has 1 aliphatic heterocycles. The van der Waals surface area contributed by atoms with Gasteiger partial charge in [0.05, 0.1) is 23.2 Å². The van der Waals surface area contributed by atoms with E-state index in [-0.39, 0.29) is 17.5 Å². The van der Waals surface area contributed by atoms with Crippen LogP contribution in [0.3, 0.4) is 0 Å². The van der Waals surface area contributed by atoms with Gasteiger partial charge < -0.3 is 5.32 Å². The normalized spacial score (nSPS) is 21.0. The van der Waals surface area contributed by atoms with Gasteiger partial charge in [0.25, 0.3) is 0 Å². The minimum atomic E-state index is -2.87. The fourth-order valence-electron chi connectivity index (χ4n) is 2.83. The number of nitrogens with zero attached hydrogens (tertiary/aromatic N) is 2. The maximum absolute atomic E-state index is 11.6. The van der Waals surface area contributed by atoms with Crippen molar-refractivity contribution in [1.29, 1.82) is 0 Å². The Hall–Kier alpha value is -0.530. The van der Waals surface area contributed by atoms with E-state index in [2.05, 4.69) is 16.7 Å². The Bertz CT molecular complexity index is 581. The molecule has 1 aromatic rings. The van der Waals surface area contributed by atoms with E-state index in [0.717, 1.165) is 30.9 Å². The lowest BCUT2D eigenvalue weighted by molar-refractivity contribution is 0.485. The maximum atomic E-state index is 11.6. The van der Waals surface area contributed by atoms with E-state index in [1.54, 1.807) is 0 Å². The van der Waals surface area contributed by atoms with Crippen molar-refractivity contribution in [3.8, 4) is 0 Å². The fourth-order valence-corrected chi connectivity index (χ4v) is 4.96. The summed E-state index contributed by atoms with van der Waals surface area (Å²) in [6.45, 7) is 5.87. The summed E-state index contributed by atoms with van der Waals surface area (Å²) in [6, 6.07) is 0.0129. The van der Waals surface area contributed by atoms with Crippen LogP contribution in [0.4, 0.5) is 0 Å². The number of sulfone groups is 1. The molecule has 0 aromatic carbocycles. The van der Waals surface area contributed by atoms with Crippen molar-refractivity contribution in [2.75, 3.05) is 30.1 Å². The monoisotopic (exact) mass is 331 g/mol. The molecule has 1 N–H and O–H groups in total. The van der Waals surface area contributed by atoms with Gasteiger partial charge in [-0.05, 0) is 45.2 Å². The van der Waals surface area contributed by atoms with Gasteiger partial charge in [-0.15, -0.1) is 0 Å². The van der Waals surface area contributed by atoms with E-state index in [9.17, 15) is 8.42 Å². The van der Waals surface area contributed by atoms with E-state index >= 15 is 0 Å². The molecule has 1 unspecified atom stereocenters. The van der Waals surface area contributed by atoms with Crippen LogP contribution in [-0.2, 0) is 16.4 Å². The largest absolute Gasteiger partial charge is 0.313 e. The average molecular weight is 332 g/mol. The molecular formula is C14H25N3O2S2. The maximum Gasteiger partial charge on any atom is 0.152 e. The third kappa shape index (κ3) is 4.23. The number of hydrogen-bond acceptors (Lipinski definition) is 5. The van der Waals surface area contributed by atoms with Gasteiger partial charge in [0.15, 0.2) is 9.84 Å². The number of rotatable bonds is 7. The average Bonchev–Trinajstić information content (AvgIpc) is 2.91. The lowest BCUT2D eigenvalue weighted by Gasteiger charge is -2.11. The van der Waals surface area contributed by atoms with Crippen LogP contribution < -0.4 is 5.32 Å². The number of aromatic nitrogens is 2. The van der Waals surface area contributed by atoms with Gasteiger partial charge in [0.2, 0.25) is 0 Å². The van der Waals surface area contributed by atoms with E-state index < -0.39 is 9.84 Å². The molecule has 21 heavy (non-hydrogen) atoms. The third-order valence-corrected chi connectivity index (χ3v) is 6.48. The molecular weight excluding hydrogens is 306 g/mol. The zero-order valence-corrected chi connectivity index (χ0v) is 14.7. The summed E-state index contributed by atoms with van der Waals surface area (Å²) in [5.74, 6) is 1.69. The molecule has 2 rings (SSSR count). The first kappa shape index (κ1) is 16.8. The highest BCUT2D eigenvalue weighted by atomic mass is 32.2. The summed E-state index contributed by atoms with van der Waals surface area (Å²) < 4.78 is 25.2. The summed E-state index contributed by atoms with van der Waals surface area (Å²) in [6.07, 6.45) is 3.97. The molecule has 5 nitrogen and oxygen atoms in total. The zero-order valence-electron chi connectivity index (χ0n) is 13.1. The Kier molecular flexibility index (Phi) is 5.73. The van der Waals surface area contributed by atoms with Crippen molar-refractivity contribution in [1.82, 2.24) is 15.1 Å². The number of aryl methyl sites for hydroxylation is 1. The van der Waals surface area contributed by atoms with Crippen molar-refractivity contribution < 1.29 is 8.42 Å². The lowest BCUT2D eigenvalue weighted by Crippen LogP contribution is -2.17. The quantitative estimate of drug-likeness (QED) is 0.771. The molecule has 0 bridgehead atoms. The predicted molar refractivity (Wildman–Crippen MR) is 88.7 cm³/mol. The van der Waals surface area contributed by atoms with Crippen LogP contribution in [0.25, 0.3) is 0 Å². The van der Waals surface area contributed by atoms with Crippen LogP contribution in [0.2, 0.25) is 0 Å². The molecule has 0 amide bonds. The molecule has 1 atom stereocenters. The molecule has 1 aromatic heterocycles. The molecule has 0 saturated carbocycles. The van der Waals surface area contributed by atoms with Crippen LogP contribution >= 0.6 is 11.8 Å². The van der Waals surface area contributed by atoms with Crippen LogP contribution in [-0.4, -0.2) is 48.3 Å². The summed E-state index contributed by atoms with van der Waals surface area (Å²) in [5, 5.41) is 8.03. The van der Waals surface area contributed by atoms with Crippen molar-refractivity contribution in [2.24, 2.45) is 0 Å². The minimum Gasteiger partial charge on any atom is -0.313 e. The van der Waals surface area contributed by atoms with E-state index in [0.29, 0.717) is 6.42 Å². The molecule has 2 heterocycles. The van der Waals surface area contributed by atoms with Gasteiger partial charge in [-0.3, -0.25) is 4.68 Å². The summed E-state index contributed by atoms with van der Waals surface area (Å²) in [5.41, 5.74) is 3.32. The van der Waals surface area contributed by atoms with Crippen molar-refractivity contribution in [2.45, 2.75) is 39.3 Å². The van der Waals surface area contributed by atoms with Crippen LogP contribution in [0, 0.1) is 13.8 Å². The van der Waals surface area contributed by atoms with Gasteiger partial charge in [-0.2, -0.15) is 16.9 Å². The minimum absolute atomic E-state index is 0.0129. The first-order chi connectivity index (χ1) is 9.94. The highest BCUT2D eigenvalue weighted by Crippen LogP contribution is 2.26. The summed E-state index contributed by atoms with van der Waals surface area (Å²) in [7, 11) is -2.87. The van der Waals surface area contributed by atoms with Gasteiger partial charge >= 0.3 is 0 Å². The molecule has 120 valence electrons. The van der Waals surface area contributed by atoms with Gasteiger partial charge in [-0.1, -0.05) is 0 Å². The van der Waals surface area contributed by atoms with E-state index in [4.69, 9.17) is 0 Å². The summed E-state index contributed by atoms with van der Waals surface area (Å²) >= 11 is 1.86. The van der Waals surface area contributed by atoms with Crippen LogP contribution in [0.15, 0.2) is 0 Å². The molecule has 1 fully saturated rings. The second-order valence-electron chi connectivity index (χ2n) is 5.67. The number of nitrogens with one attached hydrogen (secondary N) is 1. The molecule has 1 aliphatic rings. The molecule has 0 spiro atoms. The van der Waals surface area contributed by atoms with Crippen molar-refractivity contribution in [3.63, 3.8) is 0 Å². The van der Waals surface area contributed by atoms with Crippen LogP contribution in [0.5, 0.6) is 0 Å². The number of thioether (sulfide) groups is 1. The molecule has 1 saturated heterocycles. The lowest BCUT2D eigenvalue weighted by atomic mass is 10.2. The topological polar surface area (TPSA) is 64.0 Å². The van der Waals surface area contributed by atoms with Gasteiger partial charge in [-0.25, -0.2) is 8.42 Å². The SMILES string of the molecule is CSCCCNCc1c(C)nn(C2CCS(=O)(=O)C2)c1C. The zero-order chi connectivity index (χ0) is 15.5. The Labute approximate surface area is 131 Å². The van der Waals surface area contributed by atoms with E-state index in [1.807, 2.05) is 30.3 Å². The Balaban J connectivity index is 2.01. The molecule has 0 radical (unpaired) electrons. The molecule has 0 aliphatic carbocycles. The Morgan fingerprint density at radius 1 is 1.43 bits per heavy atom. The summed E-state index contributed by atoms with van der Waals surface area (Å²) in [4.78, 5) is 0. The molecule has 7 heteroatoms. The van der Waals surface area contributed by atoms with E-state index in [1.165, 1.54) is 11.3 Å². The van der Waals surface area contributed by atoms with Crippen molar-refractivity contribution in [3.05, 3.63) is 17.0 Å². The van der Waals surface area contributed by atoms with Gasteiger partial charge in [0.1, 0.15) is 0 Å². The first-order valence-electron chi connectivity index (χ1n) is 7.39.